The van der Waals surface area contributed by atoms with E-state index >= 15 is 0 Å². The molecule has 2 aliphatic heterocycles. The van der Waals surface area contributed by atoms with Crippen LogP contribution in [0.15, 0.2) is 23.2 Å². The first-order valence-electron chi connectivity index (χ1n) is 13.9. The number of aliphatic hydroxyl groups excluding tert-OH is 1. The maximum atomic E-state index is 12.7. The average molecular weight is 499 g/mol. The molecule has 8 nitrogen and oxygen atoms in total. The number of hydrogen-bond donors (Lipinski definition) is 2. The van der Waals surface area contributed by atoms with Crippen LogP contribution in [0.1, 0.15) is 82.6 Å². The van der Waals surface area contributed by atoms with Crippen LogP contribution in [-0.2, 0) is 16.1 Å². The van der Waals surface area contributed by atoms with E-state index in [1.165, 1.54) is 44.9 Å². The van der Waals surface area contributed by atoms with E-state index in [1.807, 2.05) is 28.0 Å². The van der Waals surface area contributed by atoms with Crippen LogP contribution < -0.4 is 10.1 Å². The molecule has 0 atom stereocenters. The highest BCUT2D eigenvalue weighted by Gasteiger charge is 2.30. The number of unbranched alkanes of at least 4 members (excludes halogenated alkanes) is 3. The standard InChI is InChI=1S/C28H42N4O4/c33-18-17-31(16-7-6-12-22-10-3-1-4-11-22)26(35)15-5-2-8-19-36-24-14-9-13-23-20-32-21-25(34)29-28(32)30-27(23)24/h9,13-14,22,33H,1-8,10-12,15-21H2,(H,29,30,34). The molecule has 0 spiro atoms. The summed E-state index contributed by atoms with van der Waals surface area (Å²) in [6, 6.07) is 5.90. The summed E-state index contributed by atoms with van der Waals surface area (Å²) in [5.74, 6) is 2.34. The summed E-state index contributed by atoms with van der Waals surface area (Å²) in [4.78, 5) is 32.7. The molecule has 2 fully saturated rings. The number of guanidine groups is 1. The molecule has 1 aromatic carbocycles. The number of benzene rings is 1. The summed E-state index contributed by atoms with van der Waals surface area (Å²) in [5, 5.41) is 12.2. The van der Waals surface area contributed by atoms with Crippen LogP contribution in [0.2, 0.25) is 0 Å². The SMILES string of the molecule is O=C1CN2Cc3cccc(OCCCCCC(=O)N(CCO)CCCCC4CCCCC4)c3N=C2N1. The summed E-state index contributed by atoms with van der Waals surface area (Å²) < 4.78 is 6.02. The van der Waals surface area contributed by atoms with Crippen molar-refractivity contribution in [3.63, 3.8) is 0 Å². The molecular formula is C28H42N4O4. The Labute approximate surface area is 215 Å². The van der Waals surface area contributed by atoms with Gasteiger partial charge in [0.15, 0.2) is 0 Å². The van der Waals surface area contributed by atoms with E-state index < -0.39 is 0 Å². The van der Waals surface area contributed by atoms with Crippen LogP contribution in [0, 0.1) is 5.92 Å². The number of rotatable bonds is 14. The summed E-state index contributed by atoms with van der Waals surface area (Å²) in [7, 11) is 0. The first-order valence-corrected chi connectivity index (χ1v) is 13.9. The zero-order valence-electron chi connectivity index (χ0n) is 21.6. The molecule has 0 unspecified atom stereocenters. The van der Waals surface area contributed by atoms with Crippen LogP contribution in [-0.4, -0.2) is 65.5 Å². The van der Waals surface area contributed by atoms with Gasteiger partial charge in [-0.2, -0.15) is 0 Å². The minimum absolute atomic E-state index is 0.0231. The van der Waals surface area contributed by atoms with Crippen molar-refractivity contribution in [3.8, 4) is 5.75 Å². The van der Waals surface area contributed by atoms with Gasteiger partial charge in [0.25, 0.3) is 0 Å². The van der Waals surface area contributed by atoms with E-state index in [0.29, 0.717) is 38.6 Å². The van der Waals surface area contributed by atoms with Gasteiger partial charge < -0.3 is 19.6 Å². The molecule has 1 saturated heterocycles. The second-order valence-electron chi connectivity index (χ2n) is 10.4. The average Bonchev–Trinajstić information content (AvgIpc) is 3.26. The van der Waals surface area contributed by atoms with Gasteiger partial charge in [0.2, 0.25) is 17.8 Å². The number of carbonyl (C=O) groups is 2. The predicted molar refractivity (Wildman–Crippen MR) is 140 cm³/mol. The van der Waals surface area contributed by atoms with E-state index in [9.17, 15) is 14.7 Å². The summed E-state index contributed by atoms with van der Waals surface area (Å²) >= 11 is 0. The Morgan fingerprint density at radius 2 is 1.94 bits per heavy atom. The molecule has 2 heterocycles. The lowest BCUT2D eigenvalue weighted by molar-refractivity contribution is -0.132. The second-order valence-corrected chi connectivity index (χ2v) is 10.4. The van der Waals surface area contributed by atoms with Gasteiger partial charge in [0.1, 0.15) is 18.0 Å². The van der Waals surface area contributed by atoms with Crippen molar-refractivity contribution in [2.45, 2.75) is 83.6 Å². The summed E-state index contributed by atoms with van der Waals surface area (Å²) in [5.41, 5.74) is 1.85. The third-order valence-electron chi connectivity index (χ3n) is 7.58. The number of aliphatic imine (C=N–C) groups is 1. The normalized spacial score (nSPS) is 17.3. The van der Waals surface area contributed by atoms with E-state index in [0.717, 1.165) is 55.1 Å². The Bertz CT molecular complexity index is 913. The van der Waals surface area contributed by atoms with Crippen LogP contribution in [0.5, 0.6) is 5.75 Å². The number of nitrogens with one attached hydrogen (secondary N) is 1. The minimum atomic E-state index is -0.0319. The first-order chi connectivity index (χ1) is 17.6. The van der Waals surface area contributed by atoms with E-state index in [2.05, 4.69) is 10.3 Å². The zero-order chi connectivity index (χ0) is 25.2. The lowest BCUT2D eigenvalue weighted by Gasteiger charge is -2.24. The third-order valence-corrected chi connectivity index (χ3v) is 7.58. The number of amides is 2. The minimum Gasteiger partial charge on any atom is -0.491 e. The number of ether oxygens (including phenoxy) is 1. The van der Waals surface area contributed by atoms with Crippen LogP contribution in [0.4, 0.5) is 5.69 Å². The third kappa shape index (κ3) is 7.45. The molecule has 8 heteroatoms. The molecule has 0 radical (unpaired) electrons. The Morgan fingerprint density at radius 1 is 1.08 bits per heavy atom. The van der Waals surface area contributed by atoms with Crippen molar-refractivity contribution in [1.82, 2.24) is 15.1 Å². The molecule has 4 rings (SSSR count). The first kappa shape index (κ1) is 26.5. The largest absolute Gasteiger partial charge is 0.491 e. The zero-order valence-corrected chi connectivity index (χ0v) is 21.6. The fourth-order valence-electron chi connectivity index (χ4n) is 5.56. The molecular weight excluding hydrogens is 456 g/mol. The monoisotopic (exact) mass is 498 g/mol. The van der Waals surface area contributed by atoms with Gasteiger partial charge in [-0.05, 0) is 37.7 Å². The van der Waals surface area contributed by atoms with Crippen molar-refractivity contribution >= 4 is 23.5 Å². The van der Waals surface area contributed by atoms with Gasteiger partial charge in [-0.25, -0.2) is 4.99 Å². The lowest BCUT2D eigenvalue weighted by atomic mass is 9.86. The van der Waals surface area contributed by atoms with Crippen molar-refractivity contribution in [2.75, 3.05) is 32.8 Å². The highest BCUT2D eigenvalue weighted by molar-refractivity contribution is 6.06. The fourth-order valence-corrected chi connectivity index (χ4v) is 5.56. The van der Waals surface area contributed by atoms with E-state index in [-0.39, 0.29) is 18.4 Å². The molecule has 0 aromatic heterocycles. The molecule has 1 aliphatic carbocycles. The fraction of sp³-hybridized carbons (Fsp3) is 0.679. The number of carbonyl (C=O) groups excluding carboxylic acids is 2. The van der Waals surface area contributed by atoms with E-state index in [1.54, 1.807) is 0 Å². The van der Waals surface area contributed by atoms with Gasteiger partial charge in [0.05, 0.1) is 13.2 Å². The van der Waals surface area contributed by atoms with Gasteiger partial charge in [-0.1, -0.05) is 57.1 Å². The molecule has 0 bridgehead atoms. The molecule has 1 saturated carbocycles. The number of fused-ring (bicyclic) bond motifs is 2. The number of para-hydroxylation sites is 1. The Balaban J connectivity index is 1.12. The highest BCUT2D eigenvalue weighted by Crippen LogP contribution is 2.36. The van der Waals surface area contributed by atoms with Crippen molar-refractivity contribution < 1.29 is 19.4 Å². The number of nitrogens with zero attached hydrogens (tertiary/aromatic N) is 3. The van der Waals surface area contributed by atoms with Crippen molar-refractivity contribution in [3.05, 3.63) is 23.8 Å². The number of aliphatic hydroxyl groups is 1. The molecule has 198 valence electrons. The predicted octanol–water partition coefficient (Wildman–Crippen LogP) is 4.13. The Morgan fingerprint density at radius 3 is 2.78 bits per heavy atom. The van der Waals surface area contributed by atoms with Crippen molar-refractivity contribution in [1.29, 1.82) is 0 Å². The van der Waals surface area contributed by atoms with Gasteiger partial charge in [0, 0.05) is 31.6 Å². The van der Waals surface area contributed by atoms with E-state index in [4.69, 9.17) is 4.74 Å². The summed E-state index contributed by atoms with van der Waals surface area (Å²) in [6.45, 7) is 2.78. The highest BCUT2D eigenvalue weighted by atomic mass is 16.5. The van der Waals surface area contributed by atoms with Crippen LogP contribution in [0.3, 0.4) is 0 Å². The maximum absolute atomic E-state index is 12.7. The molecule has 2 amide bonds. The topological polar surface area (TPSA) is 94.5 Å². The van der Waals surface area contributed by atoms with Crippen LogP contribution in [0.25, 0.3) is 0 Å². The van der Waals surface area contributed by atoms with Crippen LogP contribution >= 0.6 is 0 Å². The molecule has 36 heavy (non-hydrogen) atoms. The molecule has 1 aromatic rings. The second kappa shape index (κ2) is 13.6. The Kier molecular flexibility index (Phi) is 10.0. The lowest BCUT2D eigenvalue weighted by Crippen LogP contribution is -2.34. The summed E-state index contributed by atoms with van der Waals surface area (Å²) in [6.07, 6.45) is 13.5. The van der Waals surface area contributed by atoms with Gasteiger partial charge >= 0.3 is 0 Å². The molecule has 2 N–H and O–H groups in total. The molecule has 3 aliphatic rings. The van der Waals surface area contributed by atoms with Crippen molar-refractivity contribution in [2.24, 2.45) is 10.9 Å². The number of hydrogen-bond acceptors (Lipinski definition) is 6. The maximum Gasteiger partial charge on any atom is 0.246 e. The van der Waals surface area contributed by atoms with Gasteiger partial charge in [-0.3, -0.25) is 14.9 Å². The quantitative estimate of drug-likeness (QED) is 0.376. The smallest absolute Gasteiger partial charge is 0.246 e. The van der Waals surface area contributed by atoms with Gasteiger partial charge in [-0.15, -0.1) is 0 Å². The Hall–Kier alpha value is -2.61.